The standard InChI is InChI=1S/C14H10F4O/c1-8-2-3-12(13(15)4-8)9-5-10(14(16,17)18)7-11(19)6-9/h2-7,19H,1H3. The summed E-state index contributed by atoms with van der Waals surface area (Å²) in [5, 5.41) is 9.34. The Labute approximate surface area is 107 Å². The molecule has 0 fully saturated rings. The van der Waals surface area contributed by atoms with Crippen LogP contribution in [0.15, 0.2) is 36.4 Å². The number of rotatable bonds is 1. The third-order valence-corrected chi connectivity index (χ3v) is 2.68. The smallest absolute Gasteiger partial charge is 0.416 e. The fraction of sp³-hybridized carbons (Fsp3) is 0.143. The lowest BCUT2D eigenvalue weighted by Gasteiger charge is -2.11. The van der Waals surface area contributed by atoms with Crippen molar-refractivity contribution < 1.29 is 22.7 Å². The Morgan fingerprint density at radius 1 is 1.00 bits per heavy atom. The second-order valence-corrected chi connectivity index (χ2v) is 4.25. The zero-order valence-corrected chi connectivity index (χ0v) is 9.92. The van der Waals surface area contributed by atoms with Crippen LogP contribution in [0.2, 0.25) is 0 Å². The molecule has 5 heteroatoms. The van der Waals surface area contributed by atoms with Gasteiger partial charge in [-0.05, 0) is 42.3 Å². The van der Waals surface area contributed by atoms with E-state index >= 15 is 0 Å². The van der Waals surface area contributed by atoms with Crippen molar-refractivity contribution in [1.82, 2.24) is 0 Å². The van der Waals surface area contributed by atoms with Crippen molar-refractivity contribution in [3.05, 3.63) is 53.3 Å². The number of halogens is 4. The number of aromatic hydroxyl groups is 1. The van der Waals surface area contributed by atoms with Crippen molar-refractivity contribution in [1.29, 1.82) is 0 Å². The van der Waals surface area contributed by atoms with Crippen LogP contribution in [-0.2, 0) is 6.18 Å². The molecule has 0 amide bonds. The predicted molar refractivity (Wildman–Crippen MR) is 63.2 cm³/mol. The molecule has 1 N–H and O–H groups in total. The van der Waals surface area contributed by atoms with Crippen LogP contribution in [0.5, 0.6) is 5.75 Å². The Kier molecular flexibility index (Phi) is 3.22. The SMILES string of the molecule is Cc1ccc(-c2cc(O)cc(C(F)(F)F)c2)c(F)c1. The third kappa shape index (κ3) is 2.86. The van der Waals surface area contributed by atoms with E-state index in [2.05, 4.69) is 0 Å². The van der Waals surface area contributed by atoms with Gasteiger partial charge in [0.15, 0.2) is 0 Å². The van der Waals surface area contributed by atoms with Gasteiger partial charge in [-0.2, -0.15) is 13.2 Å². The zero-order chi connectivity index (χ0) is 14.2. The lowest BCUT2D eigenvalue weighted by Crippen LogP contribution is -2.04. The first-order valence-electron chi connectivity index (χ1n) is 5.45. The van der Waals surface area contributed by atoms with Crippen molar-refractivity contribution in [3.63, 3.8) is 0 Å². The quantitative estimate of drug-likeness (QED) is 0.755. The van der Waals surface area contributed by atoms with Crippen molar-refractivity contribution >= 4 is 0 Å². The molecule has 0 saturated carbocycles. The fourth-order valence-corrected chi connectivity index (χ4v) is 1.78. The summed E-state index contributed by atoms with van der Waals surface area (Å²) < 4.78 is 51.6. The maximum atomic E-state index is 13.7. The number of aryl methyl sites for hydroxylation is 1. The molecular weight excluding hydrogens is 260 g/mol. The molecule has 0 unspecified atom stereocenters. The number of hydrogen-bond donors (Lipinski definition) is 1. The van der Waals surface area contributed by atoms with Crippen LogP contribution in [-0.4, -0.2) is 5.11 Å². The molecule has 2 aromatic carbocycles. The summed E-state index contributed by atoms with van der Waals surface area (Å²) in [5.74, 6) is -1.18. The summed E-state index contributed by atoms with van der Waals surface area (Å²) in [6.45, 7) is 1.68. The minimum atomic E-state index is -4.59. The van der Waals surface area contributed by atoms with Crippen LogP contribution in [0.1, 0.15) is 11.1 Å². The van der Waals surface area contributed by atoms with E-state index in [9.17, 15) is 22.7 Å². The van der Waals surface area contributed by atoms with E-state index in [0.717, 1.165) is 12.1 Å². The highest BCUT2D eigenvalue weighted by Gasteiger charge is 2.31. The van der Waals surface area contributed by atoms with Gasteiger partial charge in [0.05, 0.1) is 5.56 Å². The minimum Gasteiger partial charge on any atom is -0.508 e. The minimum absolute atomic E-state index is 0.00942. The molecule has 0 bridgehead atoms. The first-order valence-corrected chi connectivity index (χ1v) is 5.45. The first-order chi connectivity index (χ1) is 8.77. The average molecular weight is 270 g/mol. The molecule has 2 aromatic rings. The molecule has 0 aliphatic heterocycles. The van der Waals surface area contributed by atoms with E-state index in [4.69, 9.17) is 0 Å². The van der Waals surface area contributed by atoms with Gasteiger partial charge in [0.1, 0.15) is 11.6 Å². The molecule has 0 atom stereocenters. The number of hydrogen-bond acceptors (Lipinski definition) is 1. The summed E-state index contributed by atoms with van der Waals surface area (Å²) in [6.07, 6.45) is -4.59. The Morgan fingerprint density at radius 2 is 1.68 bits per heavy atom. The van der Waals surface area contributed by atoms with Crippen LogP contribution in [0.4, 0.5) is 17.6 Å². The van der Waals surface area contributed by atoms with Gasteiger partial charge in [-0.1, -0.05) is 12.1 Å². The Morgan fingerprint density at radius 3 is 2.26 bits per heavy atom. The van der Waals surface area contributed by atoms with E-state index in [1.54, 1.807) is 13.0 Å². The number of phenolic OH excluding ortho intramolecular Hbond substituents is 1. The summed E-state index contributed by atoms with van der Waals surface area (Å²) in [5.41, 5.74) is -0.336. The molecule has 0 heterocycles. The maximum Gasteiger partial charge on any atom is 0.416 e. The van der Waals surface area contributed by atoms with Gasteiger partial charge in [0.2, 0.25) is 0 Å². The first kappa shape index (κ1) is 13.4. The molecule has 1 nitrogen and oxygen atoms in total. The highest BCUT2D eigenvalue weighted by Crippen LogP contribution is 2.35. The highest BCUT2D eigenvalue weighted by molar-refractivity contribution is 5.67. The van der Waals surface area contributed by atoms with Crippen molar-refractivity contribution in [2.75, 3.05) is 0 Å². The van der Waals surface area contributed by atoms with Crippen molar-refractivity contribution in [3.8, 4) is 16.9 Å². The van der Waals surface area contributed by atoms with Gasteiger partial charge in [-0.3, -0.25) is 0 Å². The summed E-state index contributed by atoms with van der Waals surface area (Å²) in [7, 11) is 0. The monoisotopic (exact) mass is 270 g/mol. The van der Waals surface area contributed by atoms with Crippen LogP contribution in [0, 0.1) is 12.7 Å². The molecule has 0 aromatic heterocycles. The average Bonchev–Trinajstić information content (AvgIpc) is 2.26. The van der Waals surface area contributed by atoms with Gasteiger partial charge >= 0.3 is 6.18 Å². The second-order valence-electron chi connectivity index (χ2n) is 4.25. The second kappa shape index (κ2) is 4.57. The molecule has 100 valence electrons. The third-order valence-electron chi connectivity index (χ3n) is 2.68. The lowest BCUT2D eigenvalue weighted by atomic mass is 10.0. The van der Waals surface area contributed by atoms with Gasteiger partial charge in [0, 0.05) is 5.56 Å². The van der Waals surface area contributed by atoms with E-state index < -0.39 is 23.3 Å². The topological polar surface area (TPSA) is 20.2 Å². The molecule has 0 aliphatic rings. The van der Waals surface area contributed by atoms with Crippen LogP contribution in [0.3, 0.4) is 0 Å². The van der Waals surface area contributed by atoms with Crippen molar-refractivity contribution in [2.45, 2.75) is 13.1 Å². The van der Waals surface area contributed by atoms with Crippen LogP contribution >= 0.6 is 0 Å². The van der Waals surface area contributed by atoms with E-state index in [1.807, 2.05) is 0 Å². The van der Waals surface area contributed by atoms with E-state index in [-0.39, 0.29) is 11.1 Å². The molecule has 0 saturated heterocycles. The molecule has 19 heavy (non-hydrogen) atoms. The molecular formula is C14H10F4O. The Hall–Kier alpha value is -2.04. The highest BCUT2D eigenvalue weighted by atomic mass is 19.4. The molecule has 0 radical (unpaired) electrons. The Balaban J connectivity index is 2.59. The summed E-state index contributed by atoms with van der Waals surface area (Å²) in [4.78, 5) is 0. The summed E-state index contributed by atoms with van der Waals surface area (Å²) >= 11 is 0. The van der Waals surface area contributed by atoms with E-state index in [1.165, 1.54) is 12.1 Å². The number of benzene rings is 2. The number of alkyl halides is 3. The fourth-order valence-electron chi connectivity index (χ4n) is 1.78. The summed E-state index contributed by atoms with van der Waals surface area (Å²) in [6, 6.07) is 6.73. The van der Waals surface area contributed by atoms with Gasteiger partial charge in [0.25, 0.3) is 0 Å². The van der Waals surface area contributed by atoms with Gasteiger partial charge in [-0.25, -0.2) is 4.39 Å². The van der Waals surface area contributed by atoms with Crippen LogP contribution < -0.4 is 0 Å². The van der Waals surface area contributed by atoms with Crippen LogP contribution in [0.25, 0.3) is 11.1 Å². The maximum absolute atomic E-state index is 13.7. The van der Waals surface area contributed by atoms with Crippen molar-refractivity contribution in [2.24, 2.45) is 0 Å². The number of phenols is 1. The normalized spacial score (nSPS) is 11.6. The Bertz CT molecular complexity index is 617. The van der Waals surface area contributed by atoms with Gasteiger partial charge in [-0.15, -0.1) is 0 Å². The van der Waals surface area contributed by atoms with Gasteiger partial charge < -0.3 is 5.11 Å². The lowest BCUT2D eigenvalue weighted by molar-refractivity contribution is -0.137. The molecule has 0 aliphatic carbocycles. The predicted octanol–water partition coefficient (Wildman–Crippen LogP) is 4.53. The molecule has 0 spiro atoms. The molecule has 2 rings (SSSR count). The zero-order valence-electron chi connectivity index (χ0n) is 9.92. The largest absolute Gasteiger partial charge is 0.508 e. The van der Waals surface area contributed by atoms with E-state index in [0.29, 0.717) is 11.6 Å².